The molecule has 4 unspecified atom stereocenters. The zero-order valence-corrected chi connectivity index (χ0v) is 10.2. The van der Waals surface area contributed by atoms with Crippen molar-refractivity contribution in [3.8, 4) is 0 Å². The molecule has 1 aromatic rings. The topological polar surface area (TPSA) is 16.6 Å². The van der Waals surface area contributed by atoms with Gasteiger partial charge in [-0.05, 0) is 23.5 Å². The van der Waals surface area contributed by atoms with Gasteiger partial charge in [-0.25, -0.2) is 0 Å². The molecule has 0 saturated carbocycles. The van der Waals surface area contributed by atoms with Crippen molar-refractivity contribution < 1.29 is 17.7 Å². The number of hydrogen-bond donors (Lipinski definition) is 1. The fourth-order valence-electron chi connectivity index (χ4n) is 4.29. The van der Waals surface area contributed by atoms with Gasteiger partial charge in [0.05, 0.1) is 12.1 Å². The first-order chi connectivity index (χ1) is 7.42. The van der Waals surface area contributed by atoms with Crippen LogP contribution < -0.4 is 17.7 Å². The first-order valence-corrected chi connectivity index (χ1v) is 6.34. The van der Waals surface area contributed by atoms with Gasteiger partial charge in [-0.1, -0.05) is 24.3 Å². The predicted molar refractivity (Wildman–Crippen MR) is 59.7 cm³/mol. The van der Waals surface area contributed by atoms with Gasteiger partial charge in [0.1, 0.15) is 0 Å². The van der Waals surface area contributed by atoms with E-state index in [2.05, 4.69) is 29.6 Å². The third-order valence-corrected chi connectivity index (χ3v) is 4.92. The molecule has 2 saturated heterocycles. The highest BCUT2D eigenvalue weighted by molar-refractivity contribution is 5.37. The summed E-state index contributed by atoms with van der Waals surface area (Å²) in [6, 6.07) is 11.1. The highest BCUT2D eigenvalue weighted by atomic mass is 35.5. The molecule has 2 heteroatoms. The molecule has 2 aliphatic heterocycles. The van der Waals surface area contributed by atoms with Crippen LogP contribution in [0.5, 0.6) is 0 Å². The monoisotopic (exact) mass is 235 g/mol. The maximum absolute atomic E-state index is 2.67. The van der Waals surface area contributed by atoms with Crippen LogP contribution in [0.1, 0.15) is 36.3 Å². The Labute approximate surface area is 103 Å². The zero-order valence-electron chi connectivity index (χ0n) is 9.40. The van der Waals surface area contributed by atoms with Crippen molar-refractivity contribution in [3.05, 3.63) is 35.4 Å². The molecule has 86 valence electrons. The Balaban J connectivity index is 0.000000810. The molecule has 3 aliphatic rings. The van der Waals surface area contributed by atoms with Crippen LogP contribution in [0.4, 0.5) is 0 Å². The second kappa shape index (κ2) is 3.75. The smallest absolute Gasteiger partial charge is 0.0901 e. The fraction of sp³-hybridized carbons (Fsp3) is 0.571. The van der Waals surface area contributed by atoms with Gasteiger partial charge in [0.2, 0.25) is 0 Å². The lowest BCUT2D eigenvalue weighted by Crippen LogP contribution is -3.00. The molecule has 0 amide bonds. The van der Waals surface area contributed by atoms with Crippen LogP contribution in [0.3, 0.4) is 0 Å². The summed E-state index contributed by atoms with van der Waals surface area (Å²) in [4.78, 5) is 0. The quantitative estimate of drug-likeness (QED) is 0.561. The fourth-order valence-corrected chi connectivity index (χ4v) is 4.29. The molecule has 2 N–H and O–H groups in total. The van der Waals surface area contributed by atoms with Crippen LogP contribution in [0.15, 0.2) is 24.3 Å². The lowest BCUT2D eigenvalue weighted by molar-refractivity contribution is -0.717. The first kappa shape index (κ1) is 10.6. The molecule has 16 heavy (non-hydrogen) atoms. The Bertz CT molecular complexity index is 403. The number of piperidine rings is 1. The van der Waals surface area contributed by atoms with E-state index in [4.69, 9.17) is 0 Å². The van der Waals surface area contributed by atoms with Crippen molar-refractivity contribution in [2.75, 3.05) is 0 Å². The summed E-state index contributed by atoms with van der Waals surface area (Å²) in [5.74, 6) is 1.87. The van der Waals surface area contributed by atoms with Gasteiger partial charge < -0.3 is 17.7 Å². The van der Waals surface area contributed by atoms with Gasteiger partial charge in [0.15, 0.2) is 0 Å². The summed E-state index contributed by atoms with van der Waals surface area (Å²) < 4.78 is 0. The van der Waals surface area contributed by atoms with Crippen LogP contribution in [0.25, 0.3) is 0 Å². The molecule has 1 aliphatic carbocycles. The zero-order chi connectivity index (χ0) is 9.83. The van der Waals surface area contributed by atoms with E-state index >= 15 is 0 Å². The number of halogens is 1. The molecular formula is C14H18ClN. The summed E-state index contributed by atoms with van der Waals surface area (Å²) in [5, 5.41) is 2.67. The summed E-state index contributed by atoms with van der Waals surface area (Å²) >= 11 is 0. The van der Waals surface area contributed by atoms with E-state index in [-0.39, 0.29) is 12.4 Å². The number of benzene rings is 1. The van der Waals surface area contributed by atoms with E-state index in [0.29, 0.717) is 0 Å². The molecule has 1 aromatic carbocycles. The number of hydrogen-bond acceptors (Lipinski definition) is 0. The van der Waals surface area contributed by atoms with Crippen LogP contribution >= 0.6 is 0 Å². The van der Waals surface area contributed by atoms with Crippen LogP contribution in [-0.4, -0.2) is 12.1 Å². The SMILES string of the molecule is [Cl-].c1ccc2c(c1)CC1C3CCC(CC21)[NH2+]3. The second-order valence-corrected chi connectivity index (χ2v) is 5.60. The van der Waals surface area contributed by atoms with Crippen molar-refractivity contribution in [2.45, 2.75) is 43.7 Å². The molecule has 0 aromatic heterocycles. The predicted octanol–water partition coefficient (Wildman–Crippen LogP) is -1.56. The third-order valence-electron chi connectivity index (χ3n) is 4.92. The molecule has 1 nitrogen and oxygen atoms in total. The minimum absolute atomic E-state index is 0. The number of nitrogens with two attached hydrogens (primary N) is 1. The molecular weight excluding hydrogens is 218 g/mol. The maximum atomic E-state index is 2.67. The largest absolute Gasteiger partial charge is 1.00 e. The molecule has 0 radical (unpaired) electrons. The lowest BCUT2D eigenvalue weighted by atomic mass is 9.82. The van der Waals surface area contributed by atoms with E-state index in [0.717, 1.165) is 23.9 Å². The number of fused-ring (bicyclic) bond motifs is 6. The van der Waals surface area contributed by atoms with E-state index in [9.17, 15) is 0 Å². The third kappa shape index (κ3) is 1.34. The lowest BCUT2D eigenvalue weighted by Gasteiger charge is -2.30. The Morgan fingerprint density at radius 2 is 2.00 bits per heavy atom. The first-order valence-electron chi connectivity index (χ1n) is 6.34. The molecule has 4 atom stereocenters. The molecule has 2 heterocycles. The van der Waals surface area contributed by atoms with Crippen molar-refractivity contribution in [1.82, 2.24) is 0 Å². The molecule has 2 fully saturated rings. The normalized spacial score (nSPS) is 38.8. The van der Waals surface area contributed by atoms with Gasteiger partial charge in [0.25, 0.3) is 0 Å². The van der Waals surface area contributed by atoms with Gasteiger partial charge in [-0.3, -0.25) is 0 Å². The van der Waals surface area contributed by atoms with E-state index in [1.807, 2.05) is 0 Å². The van der Waals surface area contributed by atoms with Crippen molar-refractivity contribution >= 4 is 0 Å². The molecule has 2 bridgehead atoms. The maximum Gasteiger partial charge on any atom is 0.0901 e. The molecule has 0 spiro atoms. The van der Waals surface area contributed by atoms with Crippen LogP contribution in [0, 0.1) is 5.92 Å². The Morgan fingerprint density at radius 1 is 1.12 bits per heavy atom. The van der Waals surface area contributed by atoms with Gasteiger partial charge in [-0.15, -0.1) is 0 Å². The van der Waals surface area contributed by atoms with Crippen molar-refractivity contribution in [3.63, 3.8) is 0 Å². The second-order valence-electron chi connectivity index (χ2n) is 5.60. The van der Waals surface area contributed by atoms with E-state index in [1.165, 1.54) is 25.7 Å². The van der Waals surface area contributed by atoms with Crippen molar-refractivity contribution in [2.24, 2.45) is 5.92 Å². The summed E-state index contributed by atoms with van der Waals surface area (Å²) in [6.45, 7) is 0. The highest BCUT2D eigenvalue weighted by Gasteiger charge is 2.48. The van der Waals surface area contributed by atoms with Crippen molar-refractivity contribution in [1.29, 1.82) is 0 Å². The number of quaternary nitrogens is 1. The Morgan fingerprint density at radius 3 is 2.94 bits per heavy atom. The van der Waals surface area contributed by atoms with Crippen LogP contribution in [0.2, 0.25) is 0 Å². The molecule has 4 rings (SSSR count). The Kier molecular flexibility index (Phi) is 2.49. The van der Waals surface area contributed by atoms with Gasteiger partial charge in [-0.2, -0.15) is 0 Å². The average molecular weight is 236 g/mol. The summed E-state index contributed by atoms with van der Waals surface area (Å²) in [5.41, 5.74) is 3.33. The average Bonchev–Trinajstić information content (AvgIpc) is 2.83. The summed E-state index contributed by atoms with van der Waals surface area (Å²) in [6.07, 6.45) is 5.74. The van der Waals surface area contributed by atoms with E-state index < -0.39 is 0 Å². The summed E-state index contributed by atoms with van der Waals surface area (Å²) in [7, 11) is 0. The van der Waals surface area contributed by atoms with Gasteiger partial charge >= 0.3 is 0 Å². The van der Waals surface area contributed by atoms with E-state index in [1.54, 1.807) is 11.1 Å². The standard InChI is InChI=1S/C14H17N.ClH/c1-2-4-11-9(3-1)7-13-12(11)8-10-5-6-14(13)15-10;/h1-4,10,12-15H,5-8H2;1H. The Hall–Kier alpha value is -0.530. The minimum Gasteiger partial charge on any atom is -1.00 e. The highest BCUT2D eigenvalue weighted by Crippen LogP contribution is 2.46. The minimum atomic E-state index is 0. The van der Waals surface area contributed by atoms with Crippen LogP contribution in [-0.2, 0) is 6.42 Å². The van der Waals surface area contributed by atoms with Gasteiger partial charge in [0, 0.05) is 25.2 Å². The number of rotatable bonds is 0.